The lowest BCUT2D eigenvalue weighted by atomic mass is 10.4. The van der Waals surface area contributed by atoms with Crippen molar-refractivity contribution in [3.05, 3.63) is 34.7 Å². The second-order valence-electron chi connectivity index (χ2n) is 3.26. The molecule has 1 rings (SSSR count). The van der Waals surface area contributed by atoms with Crippen LogP contribution in [0.3, 0.4) is 0 Å². The summed E-state index contributed by atoms with van der Waals surface area (Å²) in [5.74, 6) is 0. The summed E-state index contributed by atoms with van der Waals surface area (Å²) in [5, 5.41) is 0. The summed E-state index contributed by atoms with van der Waals surface area (Å²) >= 11 is 1.66. The molecule has 1 heterocycles. The van der Waals surface area contributed by atoms with Crippen LogP contribution in [0.2, 0.25) is 0 Å². The molecule has 0 aromatic carbocycles. The zero-order chi connectivity index (χ0) is 10.6. The first-order valence-corrected chi connectivity index (χ1v) is 5.38. The Labute approximate surface area is 90.1 Å². The van der Waals surface area contributed by atoms with E-state index >= 15 is 0 Å². The highest BCUT2D eigenvalue weighted by Crippen LogP contribution is 2.24. The molecule has 3 heteroatoms. The molecule has 0 amide bonds. The van der Waals surface area contributed by atoms with Crippen LogP contribution in [0.15, 0.2) is 39.7 Å². The van der Waals surface area contributed by atoms with Crippen LogP contribution >= 0.6 is 11.8 Å². The minimum atomic E-state index is 0.172. The van der Waals surface area contributed by atoms with Gasteiger partial charge in [0.15, 0.2) is 0 Å². The minimum Gasteiger partial charge on any atom is -0.359 e. The number of allylic oxidation sites excluding steroid dienone is 3. The molecule has 1 aliphatic rings. The van der Waals surface area contributed by atoms with E-state index in [4.69, 9.17) is 0 Å². The second-order valence-corrected chi connectivity index (χ2v) is 4.63. The summed E-state index contributed by atoms with van der Waals surface area (Å²) in [6.07, 6.45) is 8.07. The van der Waals surface area contributed by atoms with Gasteiger partial charge in [-0.25, -0.2) is 0 Å². The molecule has 2 nitrogen and oxygen atoms in total. The average molecular weight is 208 g/mol. The molecule has 76 valence electrons. The Hall–Kier alpha value is -0.960. The molecule has 0 saturated heterocycles. The number of rotatable bonds is 0. The summed E-state index contributed by atoms with van der Waals surface area (Å²) in [7, 11) is 2.01. The van der Waals surface area contributed by atoms with Crippen molar-refractivity contribution in [3.63, 3.8) is 0 Å². The molecule has 0 N–H and O–H groups in total. The maximum Gasteiger partial charge on any atom is 0.117 e. The molecule has 1 unspecified atom stereocenters. The number of thioether (sulfide) groups is 1. The van der Waals surface area contributed by atoms with Gasteiger partial charge in [-0.15, -0.1) is 0 Å². The third-order valence-electron chi connectivity index (χ3n) is 1.99. The molecule has 0 fully saturated rings. The number of aliphatic imine (C=N–C) groups is 1. The molecule has 0 radical (unpaired) electrons. The Kier molecular flexibility index (Phi) is 4.01. The predicted octanol–water partition coefficient (Wildman–Crippen LogP) is 3.01. The standard InChI is InChI=1S/C11H16N2S/c1-9-5-7-12-11(3)13(4)8-6-10(2)14-9/h5-8,11H,2H2,1,3-4H3/b8-6-,9-5+,12-7?. The first-order chi connectivity index (χ1) is 6.59. The SMILES string of the molecule is C=C1/C=C\N(C)C(C)N=C/C=C(\C)S1. The van der Waals surface area contributed by atoms with Crippen molar-refractivity contribution in [1.29, 1.82) is 0 Å². The minimum absolute atomic E-state index is 0.172. The third-order valence-corrected chi connectivity index (χ3v) is 2.84. The summed E-state index contributed by atoms with van der Waals surface area (Å²) in [6, 6.07) is 0. The van der Waals surface area contributed by atoms with Gasteiger partial charge in [-0.2, -0.15) is 0 Å². The Morgan fingerprint density at radius 2 is 2.29 bits per heavy atom. The van der Waals surface area contributed by atoms with E-state index in [1.54, 1.807) is 11.8 Å². The quantitative estimate of drug-likeness (QED) is 0.608. The maximum absolute atomic E-state index is 4.37. The van der Waals surface area contributed by atoms with Crippen LogP contribution in [0, 0.1) is 0 Å². The van der Waals surface area contributed by atoms with Crippen LogP contribution in [-0.4, -0.2) is 24.3 Å². The van der Waals surface area contributed by atoms with E-state index in [9.17, 15) is 0 Å². The van der Waals surface area contributed by atoms with Gasteiger partial charge in [0.1, 0.15) is 6.17 Å². The molecule has 0 aliphatic carbocycles. The van der Waals surface area contributed by atoms with Gasteiger partial charge >= 0.3 is 0 Å². The Bertz CT molecular complexity index is 302. The normalized spacial score (nSPS) is 29.6. The van der Waals surface area contributed by atoms with E-state index in [1.807, 2.05) is 31.6 Å². The topological polar surface area (TPSA) is 15.6 Å². The summed E-state index contributed by atoms with van der Waals surface area (Å²) in [4.78, 5) is 8.68. The molecule has 1 aliphatic heterocycles. The third kappa shape index (κ3) is 3.42. The lowest BCUT2D eigenvalue weighted by Crippen LogP contribution is -2.21. The van der Waals surface area contributed by atoms with Crippen molar-refractivity contribution in [2.24, 2.45) is 4.99 Å². The van der Waals surface area contributed by atoms with Crippen LogP contribution in [0.1, 0.15) is 13.8 Å². The Balaban J connectivity index is 2.87. The van der Waals surface area contributed by atoms with Gasteiger partial charge in [-0.3, -0.25) is 4.99 Å². The van der Waals surface area contributed by atoms with E-state index in [0.717, 1.165) is 4.91 Å². The summed E-state index contributed by atoms with van der Waals surface area (Å²) in [6.45, 7) is 8.08. The highest BCUT2D eigenvalue weighted by molar-refractivity contribution is 8.06. The molecule has 0 saturated carbocycles. The van der Waals surface area contributed by atoms with E-state index in [2.05, 4.69) is 30.3 Å². The van der Waals surface area contributed by atoms with E-state index in [0.29, 0.717) is 0 Å². The zero-order valence-corrected chi connectivity index (χ0v) is 9.71. The lowest BCUT2D eigenvalue weighted by molar-refractivity contribution is 0.364. The van der Waals surface area contributed by atoms with E-state index in [-0.39, 0.29) is 6.17 Å². The number of hydrogen-bond donors (Lipinski definition) is 0. The fourth-order valence-corrected chi connectivity index (χ4v) is 1.65. The van der Waals surface area contributed by atoms with Gasteiger partial charge in [-0.05, 0) is 30.9 Å². The second kappa shape index (κ2) is 5.05. The highest BCUT2D eigenvalue weighted by Gasteiger charge is 2.02. The number of nitrogens with zero attached hydrogens (tertiary/aromatic N) is 2. The lowest BCUT2D eigenvalue weighted by Gasteiger charge is -2.19. The number of hydrogen-bond acceptors (Lipinski definition) is 3. The van der Waals surface area contributed by atoms with Gasteiger partial charge in [0.05, 0.1) is 0 Å². The van der Waals surface area contributed by atoms with Crippen molar-refractivity contribution in [3.8, 4) is 0 Å². The molecule has 0 aromatic rings. The highest BCUT2D eigenvalue weighted by atomic mass is 32.2. The van der Waals surface area contributed by atoms with Crippen LogP contribution in [-0.2, 0) is 0 Å². The Morgan fingerprint density at radius 3 is 3.00 bits per heavy atom. The molecule has 1 atom stereocenters. The Morgan fingerprint density at radius 1 is 1.57 bits per heavy atom. The van der Waals surface area contributed by atoms with Crippen molar-refractivity contribution in [1.82, 2.24) is 4.90 Å². The summed E-state index contributed by atoms with van der Waals surface area (Å²) < 4.78 is 0. The van der Waals surface area contributed by atoms with Gasteiger partial charge in [0.2, 0.25) is 0 Å². The van der Waals surface area contributed by atoms with Crippen LogP contribution in [0.25, 0.3) is 0 Å². The van der Waals surface area contributed by atoms with Gasteiger partial charge in [0, 0.05) is 24.4 Å². The smallest absolute Gasteiger partial charge is 0.117 e. The zero-order valence-electron chi connectivity index (χ0n) is 8.90. The fraction of sp³-hybridized carbons (Fsp3) is 0.364. The predicted molar refractivity (Wildman–Crippen MR) is 65.3 cm³/mol. The van der Waals surface area contributed by atoms with Crippen molar-refractivity contribution in [2.75, 3.05) is 7.05 Å². The van der Waals surface area contributed by atoms with E-state index in [1.165, 1.54) is 4.91 Å². The van der Waals surface area contributed by atoms with Gasteiger partial charge in [0.25, 0.3) is 0 Å². The van der Waals surface area contributed by atoms with Crippen molar-refractivity contribution >= 4 is 18.0 Å². The molecule has 14 heavy (non-hydrogen) atoms. The summed E-state index contributed by atoms with van der Waals surface area (Å²) in [5.41, 5.74) is 0. The molecule has 0 aromatic heterocycles. The van der Waals surface area contributed by atoms with Gasteiger partial charge in [-0.1, -0.05) is 18.3 Å². The molecule has 0 spiro atoms. The maximum atomic E-state index is 4.37. The fourth-order valence-electron chi connectivity index (χ4n) is 0.978. The van der Waals surface area contributed by atoms with E-state index < -0.39 is 0 Å². The average Bonchev–Trinajstić information content (AvgIpc) is 2.12. The molecular weight excluding hydrogens is 192 g/mol. The molecular formula is C11H16N2S. The molecule has 0 bridgehead atoms. The van der Waals surface area contributed by atoms with Crippen molar-refractivity contribution in [2.45, 2.75) is 20.0 Å². The van der Waals surface area contributed by atoms with Crippen LogP contribution < -0.4 is 0 Å². The first-order valence-electron chi connectivity index (χ1n) is 4.56. The van der Waals surface area contributed by atoms with Crippen LogP contribution in [0.5, 0.6) is 0 Å². The van der Waals surface area contributed by atoms with Gasteiger partial charge < -0.3 is 4.90 Å². The first kappa shape index (κ1) is 11.1. The monoisotopic (exact) mass is 208 g/mol. The largest absolute Gasteiger partial charge is 0.359 e. The van der Waals surface area contributed by atoms with Crippen LogP contribution in [0.4, 0.5) is 0 Å². The van der Waals surface area contributed by atoms with Crippen molar-refractivity contribution < 1.29 is 0 Å².